The lowest BCUT2D eigenvalue weighted by Gasteiger charge is -2.09. The zero-order chi connectivity index (χ0) is 15.7. The van der Waals surface area contributed by atoms with Gasteiger partial charge in [0.15, 0.2) is 11.3 Å². The van der Waals surface area contributed by atoms with Gasteiger partial charge in [0.2, 0.25) is 0 Å². The van der Waals surface area contributed by atoms with Crippen molar-refractivity contribution >= 4 is 26.9 Å². The zero-order valence-electron chi connectivity index (χ0n) is 12.1. The molecule has 0 unspecified atom stereocenters. The van der Waals surface area contributed by atoms with Gasteiger partial charge in [0.05, 0.1) is 19.8 Å². The average Bonchev–Trinajstić information content (AvgIpc) is 2.54. The van der Waals surface area contributed by atoms with Gasteiger partial charge in [0.25, 0.3) is 0 Å². The minimum Gasteiger partial charge on any atom is -0.496 e. The largest absolute Gasteiger partial charge is 0.496 e. The number of rotatable bonds is 3. The number of ether oxygens (including phenoxy) is 2. The third kappa shape index (κ3) is 2.48. The van der Waals surface area contributed by atoms with E-state index in [1.807, 2.05) is 24.3 Å². The third-order valence-corrected chi connectivity index (χ3v) is 3.84. The van der Waals surface area contributed by atoms with Crippen LogP contribution in [0.5, 0.6) is 11.5 Å². The summed E-state index contributed by atoms with van der Waals surface area (Å²) in [6.07, 6.45) is 0. The van der Waals surface area contributed by atoms with Gasteiger partial charge < -0.3 is 13.9 Å². The normalized spacial score (nSPS) is 10.7. The minimum atomic E-state index is -0.433. The standard InChI is InChI=1S/C17H13BrO4/c1-20-14-6-4-3-5-12(14)13-8-10-7-11(18)9-15(21-2)16(10)22-17(13)19/h3-9H,1-2H3. The highest BCUT2D eigenvalue weighted by Gasteiger charge is 2.14. The predicted octanol–water partition coefficient (Wildman–Crippen LogP) is 4.24. The highest BCUT2D eigenvalue weighted by atomic mass is 79.9. The molecule has 0 fully saturated rings. The van der Waals surface area contributed by atoms with E-state index in [1.54, 1.807) is 25.3 Å². The molecule has 112 valence electrons. The molecule has 3 rings (SSSR count). The molecule has 2 aromatic carbocycles. The van der Waals surface area contributed by atoms with E-state index in [0.717, 1.165) is 9.86 Å². The summed E-state index contributed by atoms with van der Waals surface area (Å²) >= 11 is 3.43. The van der Waals surface area contributed by atoms with Gasteiger partial charge in [-0.2, -0.15) is 0 Å². The lowest BCUT2D eigenvalue weighted by molar-refractivity contribution is 0.406. The Morgan fingerprint density at radius 1 is 0.955 bits per heavy atom. The maximum Gasteiger partial charge on any atom is 0.344 e. The summed E-state index contributed by atoms with van der Waals surface area (Å²) in [5.74, 6) is 1.13. The van der Waals surface area contributed by atoms with E-state index in [4.69, 9.17) is 13.9 Å². The SMILES string of the molecule is COc1ccccc1-c1cc2cc(Br)cc(OC)c2oc1=O. The molecule has 5 heteroatoms. The van der Waals surface area contributed by atoms with Gasteiger partial charge in [0.1, 0.15) is 5.75 Å². The maximum atomic E-state index is 12.4. The van der Waals surface area contributed by atoms with Crippen molar-refractivity contribution in [2.75, 3.05) is 14.2 Å². The Morgan fingerprint density at radius 2 is 1.68 bits per heavy atom. The van der Waals surface area contributed by atoms with E-state index >= 15 is 0 Å². The topological polar surface area (TPSA) is 48.7 Å². The van der Waals surface area contributed by atoms with E-state index in [0.29, 0.717) is 28.2 Å². The summed E-state index contributed by atoms with van der Waals surface area (Å²) in [5, 5.41) is 0.770. The first-order valence-electron chi connectivity index (χ1n) is 6.59. The molecular weight excluding hydrogens is 348 g/mol. The first-order valence-corrected chi connectivity index (χ1v) is 7.38. The lowest BCUT2D eigenvalue weighted by Crippen LogP contribution is -2.04. The fourth-order valence-corrected chi connectivity index (χ4v) is 2.83. The van der Waals surface area contributed by atoms with Crippen LogP contribution in [0.15, 0.2) is 56.1 Å². The molecule has 0 N–H and O–H groups in total. The van der Waals surface area contributed by atoms with Crippen molar-refractivity contribution in [1.82, 2.24) is 0 Å². The lowest BCUT2D eigenvalue weighted by atomic mass is 10.0. The number of benzene rings is 2. The van der Waals surface area contributed by atoms with Crippen LogP contribution >= 0.6 is 15.9 Å². The Bertz CT molecular complexity index is 899. The van der Waals surface area contributed by atoms with E-state index in [2.05, 4.69) is 15.9 Å². The van der Waals surface area contributed by atoms with Crippen LogP contribution in [0.3, 0.4) is 0 Å². The highest BCUT2D eigenvalue weighted by Crippen LogP contribution is 2.33. The quantitative estimate of drug-likeness (QED) is 0.655. The van der Waals surface area contributed by atoms with Crippen LogP contribution < -0.4 is 15.1 Å². The molecule has 0 bridgehead atoms. The first kappa shape index (κ1) is 14.7. The summed E-state index contributed by atoms with van der Waals surface area (Å²) in [4.78, 5) is 12.4. The van der Waals surface area contributed by atoms with Crippen molar-refractivity contribution < 1.29 is 13.9 Å². The van der Waals surface area contributed by atoms with Crippen LogP contribution in [0.25, 0.3) is 22.1 Å². The van der Waals surface area contributed by atoms with Crippen molar-refractivity contribution in [2.45, 2.75) is 0 Å². The van der Waals surface area contributed by atoms with Crippen molar-refractivity contribution in [1.29, 1.82) is 0 Å². The Balaban J connectivity index is 2.32. The fraction of sp³-hybridized carbons (Fsp3) is 0.118. The molecule has 1 heterocycles. The first-order chi connectivity index (χ1) is 10.6. The average molecular weight is 361 g/mol. The number of para-hydroxylation sites is 1. The van der Waals surface area contributed by atoms with Gasteiger partial charge in [-0.3, -0.25) is 0 Å². The van der Waals surface area contributed by atoms with Gasteiger partial charge in [0, 0.05) is 15.4 Å². The van der Waals surface area contributed by atoms with E-state index < -0.39 is 5.63 Å². The number of hydrogen-bond donors (Lipinski definition) is 0. The smallest absolute Gasteiger partial charge is 0.344 e. The number of methoxy groups -OCH3 is 2. The molecule has 4 nitrogen and oxygen atoms in total. The molecule has 0 amide bonds. The fourth-order valence-electron chi connectivity index (χ4n) is 2.37. The molecule has 0 aliphatic rings. The second-order valence-electron chi connectivity index (χ2n) is 4.67. The summed E-state index contributed by atoms with van der Waals surface area (Å²) in [6, 6.07) is 12.8. The molecular formula is C17H13BrO4. The van der Waals surface area contributed by atoms with Gasteiger partial charge in [-0.25, -0.2) is 4.79 Å². The second-order valence-corrected chi connectivity index (χ2v) is 5.59. The molecule has 22 heavy (non-hydrogen) atoms. The summed E-state index contributed by atoms with van der Waals surface area (Å²) in [6.45, 7) is 0. The number of fused-ring (bicyclic) bond motifs is 1. The Morgan fingerprint density at radius 3 is 2.41 bits per heavy atom. The van der Waals surface area contributed by atoms with Crippen molar-refractivity contribution in [3.05, 3.63) is 57.4 Å². The summed E-state index contributed by atoms with van der Waals surface area (Å²) < 4.78 is 16.9. The molecule has 1 aromatic heterocycles. The van der Waals surface area contributed by atoms with Crippen molar-refractivity contribution in [3.8, 4) is 22.6 Å². The molecule has 3 aromatic rings. The monoisotopic (exact) mass is 360 g/mol. The molecule has 0 saturated carbocycles. The molecule has 0 spiro atoms. The Labute approximate surface area is 135 Å². The molecule has 0 radical (unpaired) electrons. The second kappa shape index (κ2) is 5.85. The van der Waals surface area contributed by atoms with E-state index in [-0.39, 0.29) is 0 Å². The molecule has 0 aliphatic carbocycles. The van der Waals surface area contributed by atoms with Crippen LogP contribution in [-0.2, 0) is 0 Å². The van der Waals surface area contributed by atoms with Crippen LogP contribution in [-0.4, -0.2) is 14.2 Å². The van der Waals surface area contributed by atoms with Crippen LogP contribution in [0.4, 0.5) is 0 Å². The summed E-state index contributed by atoms with van der Waals surface area (Å²) in [7, 11) is 3.11. The van der Waals surface area contributed by atoms with Crippen LogP contribution in [0, 0.1) is 0 Å². The Kier molecular flexibility index (Phi) is 3.90. The van der Waals surface area contributed by atoms with Gasteiger partial charge in [-0.05, 0) is 24.3 Å². The maximum absolute atomic E-state index is 12.4. The Hall–Kier alpha value is -2.27. The van der Waals surface area contributed by atoms with E-state index in [1.165, 1.54) is 7.11 Å². The van der Waals surface area contributed by atoms with Gasteiger partial charge in [-0.1, -0.05) is 34.1 Å². The third-order valence-electron chi connectivity index (χ3n) is 3.38. The minimum absolute atomic E-state index is 0.425. The van der Waals surface area contributed by atoms with Crippen molar-refractivity contribution in [2.24, 2.45) is 0 Å². The summed E-state index contributed by atoms with van der Waals surface area (Å²) in [5.41, 5.74) is 1.14. The van der Waals surface area contributed by atoms with Crippen LogP contribution in [0.1, 0.15) is 0 Å². The number of halogens is 1. The van der Waals surface area contributed by atoms with Crippen LogP contribution in [0.2, 0.25) is 0 Å². The van der Waals surface area contributed by atoms with Gasteiger partial charge >= 0.3 is 5.63 Å². The van der Waals surface area contributed by atoms with E-state index in [9.17, 15) is 4.79 Å². The number of hydrogen-bond acceptors (Lipinski definition) is 4. The molecule has 0 saturated heterocycles. The highest BCUT2D eigenvalue weighted by molar-refractivity contribution is 9.10. The molecule has 0 atom stereocenters. The zero-order valence-corrected chi connectivity index (χ0v) is 13.6. The predicted molar refractivity (Wildman–Crippen MR) is 88.7 cm³/mol. The van der Waals surface area contributed by atoms with Crippen molar-refractivity contribution in [3.63, 3.8) is 0 Å². The van der Waals surface area contributed by atoms with Gasteiger partial charge in [-0.15, -0.1) is 0 Å². The molecule has 0 aliphatic heterocycles.